The zero-order valence-corrected chi connectivity index (χ0v) is 18.9. The molecule has 9 nitrogen and oxygen atoms in total. The van der Waals surface area contributed by atoms with Crippen molar-refractivity contribution in [2.45, 2.75) is 18.3 Å². The maximum atomic E-state index is 13.4. The predicted octanol–water partition coefficient (Wildman–Crippen LogP) is 2.98. The molecule has 0 bridgehead atoms. The molecule has 14 heteroatoms. The summed E-state index contributed by atoms with van der Waals surface area (Å²) in [6, 6.07) is 12.2. The Morgan fingerprint density at radius 2 is 1.53 bits per heavy atom. The van der Waals surface area contributed by atoms with Crippen LogP contribution in [0.4, 0.5) is 19.0 Å². The van der Waals surface area contributed by atoms with Crippen LogP contribution < -0.4 is 10.6 Å². The van der Waals surface area contributed by atoms with Gasteiger partial charge in [-0.2, -0.15) is 13.2 Å². The summed E-state index contributed by atoms with van der Waals surface area (Å²) in [5, 5.41) is 8.60. The number of rotatable bonds is 8. The van der Waals surface area contributed by atoms with Gasteiger partial charge in [0.2, 0.25) is 15.8 Å². The molecule has 1 aromatic heterocycles. The van der Waals surface area contributed by atoms with Gasteiger partial charge < -0.3 is 15.5 Å². The van der Waals surface area contributed by atoms with Crippen LogP contribution in [0.15, 0.2) is 48.5 Å². The van der Waals surface area contributed by atoms with Gasteiger partial charge in [-0.1, -0.05) is 53.4 Å². The van der Waals surface area contributed by atoms with Crippen molar-refractivity contribution in [2.24, 2.45) is 0 Å². The Balaban J connectivity index is 2.05. The number of hydrogen-bond donors (Lipinski definition) is 4. The summed E-state index contributed by atoms with van der Waals surface area (Å²) < 4.78 is 82.9. The highest BCUT2D eigenvalue weighted by Gasteiger charge is 2.36. The normalized spacial score (nSPS) is 13.1. The molecule has 182 valence electrons. The van der Waals surface area contributed by atoms with Crippen LogP contribution in [0.2, 0.25) is 0 Å². The summed E-state index contributed by atoms with van der Waals surface area (Å²) in [6.07, 6.45) is -4.76. The summed E-state index contributed by atoms with van der Waals surface area (Å²) in [4.78, 5) is 8.35. The van der Waals surface area contributed by atoms with Crippen molar-refractivity contribution in [3.05, 3.63) is 65.5 Å². The van der Waals surface area contributed by atoms with Gasteiger partial charge in [0.05, 0.1) is 22.8 Å². The molecule has 0 aliphatic heterocycles. The number of aryl methyl sites for hydroxylation is 1. The second-order valence-corrected chi connectivity index (χ2v) is 9.93. The van der Waals surface area contributed by atoms with Crippen LogP contribution in [0, 0.1) is 0 Å². The Morgan fingerprint density at radius 3 is 2.06 bits per heavy atom. The zero-order chi connectivity index (χ0) is 25.1. The number of aromatic nitrogens is 2. The molecular weight excluding hydrogens is 497 g/mol. The molecule has 3 aromatic rings. The SMILES string of the molecule is Nc1nc(C(F)(F)F)nc(-c2ccc(CS(=O)O)cc2)c1-c1ccc(CCS(=O)(=O)NO)cc1. The molecule has 0 aliphatic rings. The highest BCUT2D eigenvalue weighted by Crippen LogP contribution is 2.38. The van der Waals surface area contributed by atoms with Crippen LogP contribution in [0.5, 0.6) is 0 Å². The molecule has 34 heavy (non-hydrogen) atoms. The molecule has 0 aliphatic carbocycles. The van der Waals surface area contributed by atoms with Crippen molar-refractivity contribution < 1.29 is 35.6 Å². The van der Waals surface area contributed by atoms with Crippen LogP contribution in [0.1, 0.15) is 17.0 Å². The first-order valence-corrected chi connectivity index (χ1v) is 12.5. The largest absolute Gasteiger partial charge is 0.451 e. The first-order valence-electron chi connectivity index (χ1n) is 9.54. The van der Waals surface area contributed by atoms with Gasteiger partial charge in [0.15, 0.2) is 11.1 Å². The number of sulfonamides is 1. The van der Waals surface area contributed by atoms with E-state index < -0.39 is 38.9 Å². The Kier molecular flexibility index (Phi) is 7.67. The second-order valence-electron chi connectivity index (χ2n) is 7.17. The fraction of sp³-hybridized carbons (Fsp3) is 0.200. The first-order chi connectivity index (χ1) is 15.9. The van der Waals surface area contributed by atoms with Crippen molar-refractivity contribution in [2.75, 3.05) is 11.5 Å². The Bertz CT molecular complexity index is 1300. The lowest BCUT2D eigenvalue weighted by Crippen LogP contribution is -2.23. The number of hydrogen-bond acceptors (Lipinski definition) is 7. The lowest BCUT2D eigenvalue weighted by Gasteiger charge is -2.15. The van der Waals surface area contributed by atoms with E-state index in [1.165, 1.54) is 29.2 Å². The highest BCUT2D eigenvalue weighted by molar-refractivity contribution is 7.89. The minimum Gasteiger partial charge on any atom is -0.383 e. The topological polar surface area (TPSA) is 156 Å². The van der Waals surface area contributed by atoms with E-state index in [1.54, 1.807) is 24.3 Å². The van der Waals surface area contributed by atoms with E-state index in [-0.39, 0.29) is 34.7 Å². The molecule has 0 fully saturated rings. The third-order valence-electron chi connectivity index (χ3n) is 4.75. The van der Waals surface area contributed by atoms with Crippen LogP contribution in [-0.2, 0) is 39.5 Å². The van der Waals surface area contributed by atoms with Crippen molar-refractivity contribution in [1.82, 2.24) is 14.9 Å². The van der Waals surface area contributed by atoms with E-state index in [0.29, 0.717) is 16.7 Å². The van der Waals surface area contributed by atoms with Crippen LogP contribution in [0.3, 0.4) is 0 Å². The summed E-state index contributed by atoms with van der Waals surface area (Å²) >= 11 is -2.08. The highest BCUT2D eigenvalue weighted by atomic mass is 32.2. The fourth-order valence-electron chi connectivity index (χ4n) is 3.14. The number of benzene rings is 2. The number of nitrogens with one attached hydrogen (secondary N) is 1. The summed E-state index contributed by atoms with van der Waals surface area (Å²) in [5.41, 5.74) is 7.75. The maximum absolute atomic E-state index is 13.4. The minimum atomic E-state index is -4.84. The lowest BCUT2D eigenvalue weighted by molar-refractivity contribution is -0.144. The van der Waals surface area contributed by atoms with Gasteiger partial charge in [0, 0.05) is 5.56 Å². The molecule has 0 saturated carbocycles. The van der Waals surface area contributed by atoms with Crippen molar-refractivity contribution >= 4 is 26.9 Å². The molecule has 0 radical (unpaired) electrons. The minimum absolute atomic E-state index is 0.0791. The summed E-state index contributed by atoms with van der Waals surface area (Å²) in [7, 11) is -3.84. The monoisotopic (exact) mass is 516 g/mol. The average Bonchev–Trinajstić information content (AvgIpc) is 2.77. The number of nitrogens with two attached hydrogens (primary N) is 1. The van der Waals surface area contributed by atoms with Gasteiger partial charge in [0.1, 0.15) is 5.82 Å². The van der Waals surface area contributed by atoms with Crippen molar-refractivity contribution in [1.29, 1.82) is 0 Å². The van der Waals surface area contributed by atoms with Gasteiger partial charge in [-0.3, -0.25) is 0 Å². The molecule has 0 spiro atoms. The molecule has 1 heterocycles. The molecule has 0 amide bonds. The molecule has 5 N–H and O–H groups in total. The van der Waals surface area contributed by atoms with E-state index in [9.17, 15) is 25.8 Å². The van der Waals surface area contributed by atoms with Crippen molar-refractivity contribution in [3.8, 4) is 22.4 Å². The van der Waals surface area contributed by atoms with Crippen LogP contribution >= 0.6 is 0 Å². The van der Waals surface area contributed by atoms with Gasteiger partial charge in [-0.25, -0.2) is 22.6 Å². The first kappa shape index (κ1) is 25.7. The van der Waals surface area contributed by atoms with E-state index >= 15 is 0 Å². The summed E-state index contributed by atoms with van der Waals surface area (Å²) in [5.74, 6) is -2.33. The zero-order valence-electron chi connectivity index (χ0n) is 17.3. The third-order valence-corrected chi connectivity index (χ3v) is 6.35. The number of nitrogen functional groups attached to an aromatic ring is 1. The quantitative estimate of drug-likeness (QED) is 0.263. The Hall–Kier alpha value is -2.91. The number of alkyl halides is 3. The number of halogens is 3. The van der Waals surface area contributed by atoms with Crippen molar-refractivity contribution in [3.63, 3.8) is 0 Å². The smallest absolute Gasteiger partial charge is 0.383 e. The molecule has 2 aromatic carbocycles. The lowest BCUT2D eigenvalue weighted by atomic mass is 9.97. The number of anilines is 1. The molecular formula is C20H19F3N4O5S2. The molecule has 1 atom stereocenters. The van der Waals surface area contributed by atoms with Crippen LogP contribution in [0.25, 0.3) is 22.4 Å². The predicted molar refractivity (Wildman–Crippen MR) is 119 cm³/mol. The molecule has 1 unspecified atom stereocenters. The van der Waals surface area contributed by atoms with Gasteiger partial charge >= 0.3 is 6.18 Å². The van der Waals surface area contributed by atoms with Crippen LogP contribution in [-0.4, -0.2) is 38.1 Å². The fourth-order valence-corrected chi connectivity index (χ4v) is 4.21. The van der Waals surface area contributed by atoms with Gasteiger partial charge in [0.25, 0.3) is 0 Å². The van der Waals surface area contributed by atoms with E-state index in [1.807, 2.05) is 0 Å². The number of nitrogens with zero attached hydrogens (tertiary/aromatic N) is 2. The molecule has 3 rings (SSSR count). The van der Waals surface area contributed by atoms with Gasteiger partial charge in [-0.05, 0) is 23.1 Å². The molecule has 0 saturated heterocycles. The average molecular weight is 517 g/mol. The second kappa shape index (κ2) is 10.1. The Labute approximate surface area is 195 Å². The van der Waals surface area contributed by atoms with Gasteiger partial charge in [-0.15, -0.1) is 0 Å². The summed E-state index contributed by atoms with van der Waals surface area (Å²) in [6.45, 7) is 0. The van der Waals surface area contributed by atoms with E-state index in [2.05, 4.69) is 9.97 Å². The standard InChI is InChI=1S/C20H19F3N4O5S2/c21-20(22,23)19-25-17(15-7-3-13(4-8-15)11-33(29)30)16(18(24)26-19)14-5-1-12(2-6-14)9-10-34(31,32)27-28/h1-8,27-28H,9-11H2,(H,29,30)(H2,24,25,26). The third kappa shape index (κ3) is 6.36. The van der Waals surface area contributed by atoms with E-state index in [4.69, 9.17) is 15.5 Å². The maximum Gasteiger partial charge on any atom is 0.451 e. The Morgan fingerprint density at radius 1 is 0.971 bits per heavy atom. The van der Waals surface area contributed by atoms with E-state index in [0.717, 1.165) is 0 Å².